The molecule has 3 atom stereocenters. The number of carbonyl (C=O) groups is 1. The fourth-order valence-corrected chi connectivity index (χ4v) is 3.62. The van der Waals surface area contributed by atoms with Crippen molar-refractivity contribution < 1.29 is 14.4 Å². The van der Waals surface area contributed by atoms with Crippen LogP contribution in [0.1, 0.15) is 56.8 Å². The van der Waals surface area contributed by atoms with Crippen LogP contribution in [0.15, 0.2) is 4.52 Å². The molecule has 1 amide bonds. The van der Waals surface area contributed by atoms with E-state index >= 15 is 0 Å². The summed E-state index contributed by atoms with van der Waals surface area (Å²) in [5, 5.41) is 13.8. The highest BCUT2D eigenvalue weighted by Gasteiger charge is 2.41. The first-order valence-electron chi connectivity index (χ1n) is 8.59. The van der Waals surface area contributed by atoms with Crippen molar-refractivity contribution in [3.63, 3.8) is 0 Å². The largest absolute Gasteiger partial charge is 0.391 e. The van der Waals surface area contributed by atoms with Gasteiger partial charge in [0.05, 0.1) is 12.1 Å². The first-order valence-corrected chi connectivity index (χ1v) is 8.59. The van der Waals surface area contributed by atoms with Crippen LogP contribution in [-0.2, 0) is 4.79 Å². The van der Waals surface area contributed by atoms with Crippen LogP contribution in [0.2, 0.25) is 0 Å². The Morgan fingerprint density at radius 1 is 1.30 bits per heavy atom. The van der Waals surface area contributed by atoms with Crippen LogP contribution < -0.4 is 0 Å². The predicted octanol–water partition coefficient (Wildman–Crippen LogP) is 1.28. The highest BCUT2D eigenvalue weighted by Crippen LogP contribution is 2.32. The van der Waals surface area contributed by atoms with Crippen molar-refractivity contribution in [2.75, 3.05) is 19.6 Å². The van der Waals surface area contributed by atoms with Gasteiger partial charge in [-0.15, -0.1) is 0 Å². The van der Waals surface area contributed by atoms with Gasteiger partial charge in [-0.3, -0.25) is 9.69 Å². The minimum Gasteiger partial charge on any atom is -0.391 e. The molecule has 0 saturated carbocycles. The fourth-order valence-electron chi connectivity index (χ4n) is 3.62. The first kappa shape index (κ1) is 16.4. The molecule has 2 aliphatic heterocycles. The molecule has 3 rings (SSSR count). The Kier molecular flexibility index (Phi) is 4.96. The summed E-state index contributed by atoms with van der Waals surface area (Å²) >= 11 is 0. The van der Waals surface area contributed by atoms with Crippen LogP contribution in [0.25, 0.3) is 0 Å². The van der Waals surface area contributed by atoms with Gasteiger partial charge in [-0.1, -0.05) is 18.0 Å². The standard InChI is InChI=1S/C16H26N4O3/c1-11(19-7-5-3-4-6-8-19)16(22)20-10-13(21)9-14(20)15-17-12(2)18-23-15/h11,13-14,21H,3-10H2,1-2H3/t11-,13+,14+/m0/s1. The van der Waals surface area contributed by atoms with E-state index in [9.17, 15) is 9.90 Å². The van der Waals surface area contributed by atoms with Crippen molar-refractivity contribution in [3.05, 3.63) is 11.7 Å². The Bertz CT molecular complexity index is 539. The molecule has 7 nitrogen and oxygen atoms in total. The molecule has 3 heterocycles. The summed E-state index contributed by atoms with van der Waals surface area (Å²) in [6, 6.07) is -0.488. The second-order valence-corrected chi connectivity index (χ2v) is 6.70. The molecule has 0 radical (unpaired) electrons. The van der Waals surface area contributed by atoms with Gasteiger partial charge in [-0.05, 0) is 39.8 Å². The monoisotopic (exact) mass is 322 g/mol. The lowest BCUT2D eigenvalue weighted by molar-refractivity contribution is -0.138. The zero-order valence-corrected chi connectivity index (χ0v) is 13.9. The molecule has 1 N–H and O–H groups in total. The van der Waals surface area contributed by atoms with Crippen molar-refractivity contribution in [2.24, 2.45) is 0 Å². The number of likely N-dealkylation sites (tertiary alicyclic amines) is 2. The molecule has 0 aliphatic carbocycles. The van der Waals surface area contributed by atoms with Gasteiger partial charge in [0.25, 0.3) is 0 Å². The number of nitrogens with zero attached hydrogens (tertiary/aromatic N) is 4. The van der Waals surface area contributed by atoms with Crippen molar-refractivity contribution in [1.82, 2.24) is 19.9 Å². The summed E-state index contributed by atoms with van der Waals surface area (Å²) in [5.41, 5.74) is 0. The van der Waals surface area contributed by atoms with Crippen LogP contribution in [0.5, 0.6) is 0 Å². The van der Waals surface area contributed by atoms with Crippen LogP contribution in [0, 0.1) is 6.92 Å². The molecular weight excluding hydrogens is 296 g/mol. The molecule has 1 aromatic heterocycles. The van der Waals surface area contributed by atoms with Crippen LogP contribution in [-0.4, -0.2) is 62.7 Å². The van der Waals surface area contributed by atoms with E-state index in [-0.39, 0.29) is 18.0 Å². The summed E-state index contributed by atoms with van der Waals surface area (Å²) in [6.07, 6.45) is 4.69. The average Bonchev–Trinajstić information content (AvgIpc) is 3.02. The van der Waals surface area contributed by atoms with Crippen LogP contribution >= 0.6 is 0 Å². The number of aliphatic hydroxyl groups excluding tert-OH is 1. The molecule has 2 fully saturated rings. The molecule has 0 bridgehead atoms. The average molecular weight is 322 g/mol. The molecule has 2 saturated heterocycles. The summed E-state index contributed by atoms with van der Waals surface area (Å²) in [6.45, 7) is 5.99. The molecule has 0 aromatic carbocycles. The quantitative estimate of drug-likeness (QED) is 0.902. The van der Waals surface area contributed by atoms with E-state index in [4.69, 9.17) is 4.52 Å². The molecular formula is C16H26N4O3. The van der Waals surface area contributed by atoms with E-state index in [0.717, 1.165) is 25.9 Å². The fraction of sp³-hybridized carbons (Fsp3) is 0.812. The van der Waals surface area contributed by atoms with E-state index in [2.05, 4.69) is 15.0 Å². The normalized spacial score (nSPS) is 27.9. The molecule has 23 heavy (non-hydrogen) atoms. The predicted molar refractivity (Wildman–Crippen MR) is 83.6 cm³/mol. The Morgan fingerprint density at radius 2 is 2.00 bits per heavy atom. The minimum absolute atomic E-state index is 0.0457. The van der Waals surface area contributed by atoms with Gasteiger partial charge in [-0.2, -0.15) is 4.98 Å². The summed E-state index contributed by atoms with van der Waals surface area (Å²) in [5.74, 6) is 1.02. The second-order valence-electron chi connectivity index (χ2n) is 6.70. The Labute approximate surface area is 136 Å². The zero-order valence-electron chi connectivity index (χ0n) is 13.9. The first-order chi connectivity index (χ1) is 11.1. The second kappa shape index (κ2) is 6.97. The van der Waals surface area contributed by atoms with Gasteiger partial charge < -0.3 is 14.5 Å². The number of amides is 1. The molecule has 128 valence electrons. The van der Waals surface area contributed by atoms with E-state index < -0.39 is 6.10 Å². The van der Waals surface area contributed by atoms with Gasteiger partial charge >= 0.3 is 0 Å². The number of aliphatic hydroxyl groups is 1. The molecule has 7 heteroatoms. The number of β-amino-alcohol motifs (C(OH)–C–C–N with tert-alkyl or cyclic N) is 1. The summed E-state index contributed by atoms with van der Waals surface area (Å²) in [4.78, 5) is 21.2. The maximum Gasteiger partial charge on any atom is 0.249 e. The van der Waals surface area contributed by atoms with Gasteiger partial charge in [-0.25, -0.2) is 0 Å². The maximum absolute atomic E-state index is 13.0. The Balaban J connectivity index is 1.73. The number of aromatic nitrogens is 2. The number of aryl methyl sites for hydroxylation is 1. The lowest BCUT2D eigenvalue weighted by atomic mass is 10.1. The molecule has 0 spiro atoms. The Morgan fingerprint density at radius 3 is 2.61 bits per heavy atom. The number of rotatable bonds is 3. The number of hydrogen-bond donors (Lipinski definition) is 1. The third-order valence-corrected chi connectivity index (χ3v) is 4.94. The van der Waals surface area contributed by atoms with Gasteiger partial charge in [0, 0.05) is 13.0 Å². The number of hydrogen-bond acceptors (Lipinski definition) is 6. The van der Waals surface area contributed by atoms with Crippen LogP contribution in [0.4, 0.5) is 0 Å². The van der Waals surface area contributed by atoms with E-state index in [0.29, 0.717) is 24.7 Å². The van der Waals surface area contributed by atoms with Gasteiger partial charge in [0.2, 0.25) is 11.8 Å². The van der Waals surface area contributed by atoms with E-state index in [1.54, 1.807) is 11.8 Å². The highest BCUT2D eigenvalue weighted by atomic mass is 16.5. The summed E-state index contributed by atoms with van der Waals surface area (Å²) in [7, 11) is 0. The van der Waals surface area contributed by atoms with Crippen molar-refractivity contribution in [2.45, 2.75) is 64.1 Å². The van der Waals surface area contributed by atoms with Crippen molar-refractivity contribution in [1.29, 1.82) is 0 Å². The van der Waals surface area contributed by atoms with Crippen molar-refractivity contribution >= 4 is 5.91 Å². The molecule has 0 unspecified atom stereocenters. The third kappa shape index (κ3) is 3.55. The highest BCUT2D eigenvalue weighted by molar-refractivity contribution is 5.82. The Hall–Kier alpha value is -1.47. The van der Waals surface area contributed by atoms with Gasteiger partial charge in [0.15, 0.2) is 5.82 Å². The van der Waals surface area contributed by atoms with E-state index in [1.807, 2.05) is 6.92 Å². The lowest BCUT2D eigenvalue weighted by Crippen LogP contribution is -2.47. The van der Waals surface area contributed by atoms with E-state index in [1.165, 1.54) is 12.8 Å². The van der Waals surface area contributed by atoms with Gasteiger partial charge in [0.1, 0.15) is 6.04 Å². The zero-order chi connectivity index (χ0) is 16.4. The molecule has 2 aliphatic rings. The van der Waals surface area contributed by atoms with Crippen LogP contribution in [0.3, 0.4) is 0 Å². The third-order valence-electron chi connectivity index (χ3n) is 4.94. The molecule has 1 aromatic rings. The topological polar surface area (TPSA) is 82.7 Å². The SMILES string of the molecule is Cc1noc([C@H]2C[C@@H](O)CN2C(=O)[C@H](C)N2CCCCCC2)n1. The lowest BCUT2D eigenvalue weighted by Gasteiger charge is -2.31. The van der Waals surface area contributed by atoms with Crippen molar-refractivity contribution in [3.8, 4) is 0 Å². The maximum atomic E-state index is 13.0. The number of carbonyl (C=O) groups excluding carboxylic acids is 1. The summed E-state index contributed by atoms with van der Waals surface area (Å²) < 4.78 is 5.24. The smallest absolute Gasteiger partial charge is 0.249 e. The minimum atomic E-state index is -0.535.